The van der Waals surface area contributed by atoms with Crippen molar-refractivity contribution >= 4 is 0 Å². The minimum atomic E-state index is 0.180. The topological polar surface area (TPSA) is 21.3 Å². The van der Waals surface area contributed by atoms with Crippen LogP contribution < -0.4 is 5.32 Å². The van der Waals surface area contributed by atoms with E-state index in [4.69, 9.17) is 4.74 Å². The van der Waals surface area contributed by atoms with Gasteiger partial charge in [0.1, 0.15) is 0 Å². The molecule has 1 unspecified atom stereocenters. The van der Waals surface area contributed by atoms with E-state index < -0.39 is 0 Å². The van der Waals surface area contributed by atoms with Crippen molar-refractivity contribution in [2.24, 2.45) is 5.92 Å². The molecule has 1 aromatic rings. The Bertz CT molecular complexity index is 396. The van der Waals surface area contributed by atoms with Crippen LogP contribution in [-0.4, -0.2) is 19.2 Å². The fourth-order valence-corrected chi connectivity index (χ4v) is 2.98. The average molecular weight is 275 g/mol. The van der Waals surface area contributed by atoms with Gasteiger partial charge in [0.15, 0.2) is 0 Å². The zero-order valence-electron chi connectivity index (χ0n) is 13.2. The monoisotopic (exact) mass is 275 g/mol. The van der Waals surface area contributed by atoms with E-state index >= 15 is 0 Å². The molecule has 1 aliphatic carbocycles. The molecular formula is C18H29NO. The normalized spacial score (nSPS) is 17.8. The zero-order chi connectivity index (χ0) is 14.4. The molecule has 0 radical (unpaired) electrons. The maximum absolute atomic E-state index is 6.28. The highest BCUT2D eigenvalue weighted by Crippen LogP contribution is 2.28. The Morgan fingerprint density at radius 3 is 2.55 bits per heavy atom. The van der Waals surface area contributed by atoms with Gasteiger partial charge in [-0.05, 0) is 36.8 Å². The van der Waals surface area contributed by atoms with E-state index in [9.17, 15) is 0 Å². The van der Waals surface area contributed by atoms with Gasteiger partial charge in [-0.3, -0.25) is 0 Å². The summed E-state index contributed by atoms with van der Waals surface area (Å²) in [5.74, 6) is 0.778. The van der Waals surface area contributed by atoms with E-state index in [1.54, 1.807) is 0 Å². The number of ether oxygens (including phenoxy) is 1. The van der Waals surface area contributed by atoms with Crippen molar-refractivity contribution in [1.82, 2.24) is 5.32 Å². The molecular weight excluding hydrogens is 246 g/mol. The Hall–Kier alpha value is -0.860. The molecule has 0 saturated heterocycles. The number of hydrogen-bond donors (Lipinski definition) is 1. The standard InChI is InChI=1S/C18H29NO/c1-14(2)19-12-18(17-11-7-4-8-15(17)3)20-13-16-9-5-6-10-16/h4,7-8,11,14,16,18-19H,5-6,9-10,12-13H2,1-3H3. The summed E-state index contributed by atoms with van der Waals surface area (Å²) in [7, 11) is 0. The van der Waals surface area contributed by atoms with Gasteiger partial charge in [0.05, 0.1) is 12.7 Å². The highest BCUT2D eigenvalue weighted by molar-refractivity contribution is 5.28. The highest BCUT2D eigenvalue weighted by atomic mass is 16.5. The first-order valence-electron chi connectivity index (χ1n) is 8.07. The SMILES string of the molecule is Cc1ccccc1C(CNC(C)C)OCC1CCCC1. The maximum Gasteiger partial charge on any atom is 0.0951 e. The van der Waals surface area contributed by atoms with Crippen LogP contribution in [0.2, 0.25) is 0 Å². The van der Waals surface area contributed by atoms with Crippen LogP contribution in [0.1, 0.15) is 56.8 Å². The second kappa shape index (κ2) is 7.80. The molecule has 1 aromatic carbocycles. The zero-order valence-corrected chi connectivity index (χ0v) is 13.2. The Kier molecular flexibility index (Phi) is 6.06. The fraction of sp³-hybridized carbons (Fsp3) is 0.667. The van der Waals surface area contributed by atoms with Gasteiger partial charge in [-0.1, -0.05) is 51.0 Å². The molecule has 2 rings (SSSR count). The quantitative estimate of drug-likeness (QED) is 0.803. The summed E-state index contributed by atoms with van der Waals surface area (Å²) in [4.78, 5) is 0. The minimum absolute atomic E-state index is 0.180. The molecule has 0 amide bonds. The van der Waals surface area contributed by atoms with E-state index in [-0.39, 0.29) is 6.10 Å². The average Bonchev–Trinajstić information content (AvgIpc) is 2.93. The number of rotatable bonds is 7. The predicted octanol–water partition coefficient (Wildman–Crippen LogP) is 4.24. The fourth-order valence-electron chi connectivity index (χ4n) is 2.98. The van der Waals surface area contributed by atoms with Gasteiger partial charge >= 0.3 is 0 Å². The minimum Gasteiger partial charge on any atom is -0.372 e. The van der Waals surface area contributed by atoms with Crippen molar-refractivity contribution in [3.63, 3.8) is 0 Å². The van der Waals surface area contributed by atoms with Crippen molar-refractivity contribution in [3.05, 3.63) is 35.4 Å². The van der Waals surface area contributed by atoms with Crippen molar-refractivity contribution in [3.8, 4) is 0 Å². The largest absolute Gasteiger partial charge is 0.372 e. The molecule has 1 N–H and O–H groups in total. The number of hydrogen-bond acceptors (Lipinski definition) is 2. The van der Waals surface area contributed by atoms with Crippen molar-refractivity contribution < 1.29 is 4.74 Å². The third-order valence-corrected chi connectivity index (χ3v) is 4.25. The van der Waals surface area contributed by atoms with Gasteiger partial charge < -0.3 is 10.1 Å². The molecule has 1 saturated carbocycles. The van der Waals surface area contributed by atoms with E-state index in [1.165, 1.54) is 36.8 Å². The number of aryl methyl sites for hydroxylation is 1. The molecule has 0 heterocycles. The van der Waals surface area contributed by atoms with Gasteiger partial charge in [-0.25, -0.2) is 0 Å². The molecule has 112 valence electrons. The van der Waals surface area contributed by atoms with Gasteiger partial charge in [0.2, 0.25) is 0 Å². The lowest BCUT2D eigenvalue weighted by molar-refractivity contribution is 0.0281. The summed E-state index contributed by atoms with van der Waals surface area (Å²) in [6, 6.07) is 9.09. The van der Waals surface area contributed by atoms with E-state index in [0.717, 1.165) is 19.1 Å². The van der Waals surface area contributed by atoms with E-state index in [0.29, 0.717) is 6.04 Å². The molecule has 20 heavy (non-hydrogen) atoms. The van der Waals surface area contributed by atoms with Crippen LogP contribution in [0, 0.1) is 12.8 Å². The summed E-state index contributed by atoms with van der Waals surface area (Å²) >= 11 is 0. The molecule has 0 bridgehead atoms. The number of nitrogens with one attached hydrogen (secondary N) is 1. The van der Waals surface area contributed by atoms with Gasteiger partial charge in [0.25, 0.3) is 0 Å². The lowest BCUT2D eigenvalue weighted by atomic mass is 10.0. The van der Waals surface area contributed by atoms with Crippen LogP contribution in [0.3, 0.4) is 0 Å². The molecule has 2 nitrogen and oxygen atoms in total. The van der Waals surface area contributed by atoms with Crippen LogP contribution in [0.15, 0.2) is 24.3 Å². The Morgan fingerprint density at radius 2 is 1.90 bits per heavy atom. The molecule has 1 fully saturated rings. The number of benzene rings is 1. The summed E-state index contributed by atoms with van der Waals surface area (Å²) in [6.07, 6.45) is 5.63. The first-order chi connectivity index (χ1) is 9.66. The molecule has 0 aliphatic heterocycles. The Balaban J connectivity index is 1.97. The second-order valence-corrected chi connectivity index (χ2v) is 6.39. The molecule has 1 aliphatic rings. The summed E-state index contributed by atoms with van der Waals surface area (Å²) in [5, 5.41) is 3.52. The van der Waals surface area contributed by atoms with Gasteiger partial charge in [-0.2, -0.15) is 0 Å². The van der Waals surface area contributed by atoms with Crippen molar-refractivity contribution in [2.75, 3.05) is 13.2 Å². The van der Waals surface area contributed by atoms with E-state index in [2.05, 4.69) is 50.4 Å². The lowest BCUT2D eigenvalue weighted by Crippen LogP contribution is -2.30. The van der Waals surface area contributed by atoms with Crippen molar-refractivity contribution in [1.29, 1.82) is 0 Å². The molecule has 0 aromatic heterocycles. The van der Waals surface area contributed by atoms with E-state index in [1.807, 2.05) is 0 Å². The maximum atomic E-state index is 6.28. The molecule has 1 atom stereocenters. The summed E-state index contributed by atoms with van der Waals surface area (Å²) in [5.41, 5.74) is 2.66. The smallest absolute Gasteiger partial charge is 0.0951 e. The van der Waals surface area contributed by atoms with Gasteiger partial charge in [0, 0.05) is 12.6 Å². The van der Waals surface area contributed by atoms with Crippen LogP contribution in [-0.2, 0) is 4.74 Å². The summed E-state index contributed by atoms with van der Waals surface area (Å²) in [6.45, 7) is 8.36. The molecule has 2 heteroatoms. The lowest BCUT2D eigenvalue weighted by Gasteiger charge is -2.23. The second-order valence-electron chi connectivity index (χ2n) is 6.39. The van der Waals surface area contributed by atoms with Crippen LogP contribution in [0.5, 0.6) is 0 Å². The van der Waals surface area contributed by atoms with Crippen molar-refractivity contribution in [2.45, 2.75) is 58.6 Å². The van der Waals surface area contributed by atoms with Crippen LogP contribution in [0.4, 0.5) is 0 Å². The predicted molar refractivity (Wildman–Crippen MR) is 85.0 cm³/mol. The Morgan fingerprint density at radius 1 is 1.20 bits per heavy atom. The van der Waals surface area contributed by atoms with Gasteiger partial charge in [-0.15, -0.1) is 0 Å². The third kappa shape index (κ3) is 4.60. The summed E-state index contributed by atoms with van der Waals surface area (Å²) < 4.78 is 6.28. The highest BCUT2D eigenvalue weighted by Gasteiger charge is 2.19. The Labute approximate surface area is 123 Å². The van der Waals surface area contributed by atoms with Crippen LogP contribution >= 0.6 is 0 Å². The molecule has 0 spiro atoms. The third-order valence-electron chi connectivity index (χ3n) is 4.25. The first kappa shape index (κ1) is 15.5. The first-order valence-corrected chi connectivity index (χ1v) is 8.07. The van der Waals surface area contributed by atoms with Crippen LogP contribution in [0.25, 0.3) is 0 Å².